The van der Waals surface area contributed by atoms with E-state index in [2.05, 4.69) is 25.2 Å². The summed E-state index contributed by atoms with van der Waals surface area (Å²) >= 11 is 5.99. The van der Waals surface area contributed by atoms with Crippen molar-refractivity contribution in [3.8, 4) is 0 Å². The van der Waals surface area contributed by atoms with Gasteiger partial charge in [-0.3, -0.25) is 10.1 Å². The van der Waals surface area contributed by atoms with Crippen molar-refractivity contribution in [2.75, 3.05) is 24.5 Å². The molecule has 2 aromatic rings. The molecule has 0 unspecified atom stereocenters. The Bertz CT molecular complexity index is 848. The first-order chi connectivity index (χ1) is 12.5. The van der Waals surface area contributed by atoms with Crippen LogP contribution in [-0.4, -0.2) is 24.6 Å². The van der Waals surface area contributed by atoms with Gasteiger partial charge in [-0.05, 0) is 42.8 Å². The molecule has 0 N–H and O–H groups in total. The summed E-state index contributed by atoms with van der Waals surface area (Å²) in [6.45, 7) is 3.81. The van der Waals surface area contributed by atoms with Crippen molar-refractivity contribution < 1.29 is 4.92 Å². The van der Waals surface area contributed by atoms with Crippen LogP contribution in [0.3, 0.4) is 0 Å². The second kappa shape index (κ2) is 9.36. The Hall–Kier alpha value is -3.16. The minimum atomic E-state index is -0.521. The third-order valence-electron chi connectivity index (χ3n) is 3.55. The predicted molar refractivity (Wildman–Crippen MR) is 101 cm³/mol. The second-order valence-electron chi connectivity index (χ2n) is 5.14. The molecule has 0 amide bonds. The lowest BCUT2D eigenvalue weighted by atomic mass is 10.2. The number of halogens is 1. The number of nitrogens with zero attached hydrogens (tertiary/aromatic N) is 7. The van der Waals surface area contributed by atoms with E-state index in [0.717, 1.165) is 12.2 Å². The van der Waals surface area contributed by atoms with Crippen LogP contribution < -0.4 is 4.90 Å². The van der Waals surface area contributed by atoms with Gasteiger partial charge in [0.2, 0.25) is 0 Å². The number of hydrogen-bond donors (Lipinski definition) is 0. The van der Waals surface area contributed by atoms with Crippen molar-refractivity contribution in [2.24, 2.45) is 15.3 Å². The summed E-state index contributed by atoms with van der Waals surface area (Å²) in [5.41, 5.74) is 10.2. The van der Waals surface area contributed by atoms with Crippen LogP contribution in [0.2, 0.25) is 5.02 Å². The van der Waals surface area contributed by atoms with Crippen LogP contribution >= 0.6 is 11.6 Å². The fraction of sp³-hybridized carbons (Fsp3) is 0.250. The number of rotatable bonds is 8. The van der Waals surface area contributed by atoms with Gasteiger partial charge in [0.25, 0.3) is 5.69 Å². The highest BCUT2D eigenvalue weighted by Crippen LogP contribution is 2.30. The zero-order valence-corrected chi connectivity index (χ0v) is 14.7. The second-order valence-corrected chi connectivity index (χ2v) is 5.55. The Balaban J connectivity index is 2.09. The molecule has 2 aromatic carbocycles. The summed E-state index contributed by atoms with van der Waals surface area (Å²) < 4.78 is 0. The average molecular weight is 374 g/mol. The van der Waals surface area contributed by atoms with Crippen LogP contribution in [-0.2, 0) is 0 Å². The lowest BCUT2D eigenvalue weighted by Crippen LogP contribution is -2.25. The Morgan fingerprint density at radius 3 is 2.54 bits per heavy atom. The summed E-state index contributed by atoms with van der Waals surface area (Å²) in [5.74, 6) is 0. The molecular weight excluding hydrogens is 358 g/mol. The topological polar surface area (TPSA) is 120 Å². The van der Waals surface area contributed by atoms with E-state index in [0.29, 0.717) is 24.5 Å². The summed E-state index contributed by atoms with van der Waals surface area (Å²) in [7, 11) is 0. The van der Waals surface area contributed by atoms with Crippen LogP contribution in [0, 0.1) is 10.1 Å². The molecule has 0 saturated carbocycles. The van der Waals surface area contributed by atoms with E-state index >= 15 is 0 Å². The molecule has 0 spiro atoms. The van der Waals surface area contributed by atoms with Gasteiger partial charge in [-0.1, -0.05) is 16.7 Å². The van der Waals surface area contributed by atoms with Crippen LogP contribution in [0.5, 0.6) is 0 Å². The fourth-order valence-corrected chi connectivity index (χ4v) is 2.42. The molecule has 0 saturated heterocycles. The number of anilines is 1. The highest BCUT2D eigenvalue weighted by atomic mass is 35.5. The predicted octanol–water partition coefficient (Wildman–Crippen LogP) is 5.80. The number of benzene rings is 2. The van der Waals surface area contributed by atoms with Crippen molar-refractivity contribution in [3.63, 3.8) is 0 Å². The zero-order chi connectivity index (χ0) is 18.9. The first-order valence-corrected chi connectivity index (χ1v) is 8.14. The van der Waals surface area contributed by atoms with Gasteiger partial charge in [0, 0.05) is 42.4 Å². The number of nitro groups is 1. The van der Waals surface area contributed by atoms with Crippen molar-refractivity contribution in [1.82, 2.24) is 0 Å². The molecule has 10 heteroatoms. The van der Waals surface area contributed by atoms with Crippen LogP contribution in [0.15, 0.2) is 57.8 Å². The van der Waals surface area contributed by atoms with Crippen molar-refractivity contribution >= 4 is 34.4 Å². The molecule has 2 rings (SSSR count). The lowest BCUT2D eigenvalue weighted by molar-refractivity contribution is -0.384. The third kappa shape index (κ3) is 5.17. The monoisotopic (exact) mass is 373 g/mol. The van der Waals surface area contributed by atoms with Gasteiger partial charge in [0.1, 0.15) is 5.69 Å². The summed E-state index contributed by atoms with van der Waals surface area (Å²) in [6, 6.07) is 11.4. The van der Waals surface area contributed by atoms with Crippen molar-refractivity contribution in [1.29, 1.82) is 0 Å². The number of non-ortho nitro benzene ring substituents is 1. The molecule has 9 nitrogen and oxygen atoms in total. The van der Waals surface area contributed by atoms with E-state index in [9.17, 15) is 10.1 Å². The highest BCUT2D eigenvalue weighted by Gasteiger charge is 2.09. The first kappa shape index (κ1) is 19.2. The summed E-state index contributed by atoms with van der Waals surface area (Å²) in [5, 5.41) is 22.5. The van der Waals surface area contributed by atoms with Gasteiger partial charge in [-0.25, -0.2) is 0 Å². The maximum absolute atomic E-state index is 10.7. The largest absolute Gasteiger partial charge is 0.372 e. The molecule has 0 aromatic heterocycles. The average Bonchev–Trinajstić information content (AvgIpc) is 2.65. The number of nitro benzene ring substituents is 1. The van der Waals surface area contributed by atoms with E-state index in [1.54, 1.807) is 12.1 Å². The van der Waals surface area contributed by atoms with Gasteiger partial charge in [0.05, 0.1) is 15.6 Å². The first-order valence-electron chi connectivity index (χ1n) is 7.76. The maximum atomic E-state index is 10.7. The van der Waals surface area contributed by atoms with Crippen molar-refractivity contribution in [2.45, 2.75) is 6.92 Å². The number of azo groups is 1. The molecule has 0 heterocycles. The molecule has 0 aliphatic rings. The van der Waals surface area contributed by atoms with Gasteiger partial charge in [0.15, 0.2) is 0 Å². The molecule has 0 aliphatic heterocycles. The molecule has 0 radical (unpaired) electrons. The zero-order valence-electron chi connectivity index (χ0n) is 14.0. The molecule has 26 heavy (non-hydrogen) atoms. The summed E-state index contributed by atoms with van der Waals surface area (Å²) in [6.07, 6.45) is 0. The molecule has 134 valence electrons. The minimum Gasteiger partial charge on any atom is -0.372 e. The quantitative estimate of drug-likeness (QED) is 0.191. The third-order valence-corrected chi connectivity index (χ3v) is 3.85. The van der Waals surface area contributed by atoms with Crippen LogP contribution in [0.1, 0.15) is 6.92 Å². The standard InChI is InChI=1S/C16H16ClN7O2/c1-2-23(10-9-19-22-18)13-5-3-12(4-6-13)20-21-16-8-7-14(24(25)26)11-15(16)17/h3-8,11H,2,9-10H2,1H3. The number of hydrogen-bond acceptors (Lipinski definition) is 6. The van der Waals surface area contributed by atoms with E-state index in [-0.39, 0.29) is 10.7 Å². The van der Waals surface area contributed by atoms with Gasteiger partial charge >= 0.3 is 0 Å². The summed E-state index contributed by atoms with van der Waals surface area (Å²) in [4.78, 5) is 15.0. The van der Waals surface area contributed by atoms with Gasteiger partial charge in [-0.15, -0.1) is 5.11 Å². The van der Waals surface area contributed by atoms with E-state index in [4.69, 9.17) is 17.1 Å². The van der Waals surface area contributed by atoms with Crippen molar-refractivity contribution in [3.05, 3.63) is 68.0 Å². The molecule has 0 atom stereocenters. The SMILES string of the molecule is CCN(CCN=[N+]=[N-])c1ccc(N=Nc2ccc([N+](=O)[O-])cc2Cl)cc1. The van der Waals surface area contributed by atoms with Crippen LogP contribution in [0.4, 0.5) is 22.7 Å². The molecular formula is C16H16ClN7O2. The highest BCUT2D eigenvalue weighted by molar-refractivity contribution is 6.33. The van der Waals surface area contributed by atoms with E-state index in [1.165, 1.54) is 18.2 Å². The maximum Gasteiger partial charge on any atom is 0.271 e. The molecule has 0 aliphatic carbocycles. The number of likely N-dealkylation sites (N-methyl/N-ethyl adjacent to an activating group) is 1. The van der Waals surface area contributed by atoms with Gasteiger partial charge < -0.3 is 4.90 Å². The lowest BCUT2D eigenvalue weighted by Gasteiger charge is -2.22. The Labute approximate surface area is 154 Å². The fourth-order valence-electron chi connectivity index (χ4n) is 2.21. The normalized spacial score (nSPS) is 10.5. The Kier molecular flexibility index (Phi) is 6.90. The Morgan fingerprint density at radius 2 is 1.96 bits per heavy atom. The smallest absolute Gasteiger partial charge is 0.271 e. The number of azide groups is 1. The van der Waals surface area contributed by atoms with E-state index in [1.807, 2.05) is 19.1 Å². The van der Waals surface area contributed by atoms with Crippen LogP contribution in [0.25, 0.3) is 10.4 Å². The molecule has 0 fully saturated rings. The minimum absolute atomic E-state index is 0.0984. The molecule has 0 bridgehead atoms. The Morgan fingerprint density at radius 1 is 1.23 bits per heavy atom. The van der Waals surface area contributed by atoms with E-state index < -0.39 is 4.92 Å². The van der Waals surface area contributed by atoms with Gasteiger partial charge in [-0.2, -0.15) is 5.11 Å².